The van der Waals surface area contributed by atoms with Crippen LogP contribution in [0.1, 0.15) is 28.1 Å². The molecule has 2 heteroatoms. The van der Waals surface area contributed by atoms with Gasteiger partial charge in [0.05, 0.1) is 2.74 Å². The van der Waals surface area contributed by atoms with Gasteiger partial charge in [-0.3, -0.25) is 5.26 Å². The molecule has 0 fully saturated rings. The van der Waals surface area contributed by atoms with Gasteiger partial charge in [-0.15, -0.1) is 0 Å². The van der Waals surface area contributed by atoms with Gasteiger partial charge in [-0.05, 0) is 18.1 Å². The van der Waals surface area contributed by atoms with E-state index in [2.05, 4.69) is 5.26 Å². The van der Waals surface area contributed by atoms with E-state index in [-0.39, 0.29) is 12.4 Å². The molecular formula is C12H16O2. The van der Waals surface area contributed by atoms with Crippen LogP contribution in [0.3, 0.4) is 0 Å². The van der Waals surface area contributed by atoms with Crippen molar-refractivity contribution in [1.29, 1.82) is 1.43 Å². The van der Waals surface area contributed by atoms with Crippen LogP contribution in [-0.2, 0) is 4.89 Å². The Bertz CT molecular complexity index is 375. The second-order valence-corrected chi connectivity index (χ2v) is 3.40. The second-order valence-electron chi connectivity index (χ2n) is 3.40. The summed E-state index contributed by atoms with van der Waals surface area (Å²) in [5.41, 5.74) is 1.45. The van der Waals surface area contributed by atoms with Gasteiger partial charge in [-0.1, -0.05) is 43.8 Å². The molecule has 2 atom stereocenters. The standard InChI is InChI=1S/C12H16O2/c1-9(2)12(14-13)10(3)11-7-5-4-6-8-11/h4-8,10,12-13H,1H2,2-3H3/t10-,12+/m1/s1/i1D2/hD. The molecule has 0 spiro atoms. The van der Waals surface area contributed by atoms with E-state index in [0.29, 0.717) is 5.57 Å². The zero-order valence-corrected chi connectivity index (χ0v) is 8.36. The summed E-state index contributed by atoms with van der Waals surface area (Å²) in [6, 6.07) is 9.60. The van der Waals surface area contributed by atoms with Crippen LogP contribution in [0.25, 0.3) is 1.43 Å². The van der Waals surface area contributed by atoms with E-state index in [9.17, 15) is 0 Å². The molecule has 1 aromatic rings. The molecule has 0 heterocycles. The van der Waals surface area contributed by atoms with Crippen molar-refractivity contribution in [3.05, 3.63) is 48.0 Å². The summed E-state index contributed by atoms with van der Waals surface area (Å²) < 4.78 is 21.3. The molecule has 1 rings (SSSR count). The quantitative estimate of drug-likeness (QED) is 0.444. The van der Waals surface area contributed by atoms with Crippen molar-refractivity contribution in [2.24, 2.45) is 0 Å². The van der Waals surface area contributed by atoms with E-state index in [1.54, 1.807) is 6.92 Å². The lowest BCUT2D eigenvalue weighted by molar-refractivity contribution is -0.272. The summed E-state index contributed by atoms with van der Waals surface area (Å²) in [7, 11) is 0. The lowest BCUT2D eigenvalue weighted by Gasteiger charge is -2.21. The Morgan fingerprint density at radius 1 is 1.57 bits per heavy atom. The van der Waals surface area contributed by atoms with Gasteiger partial charge in [0.2, 0.25) is 0 Å². The predicted molar refractivity (Wildman–Crippen MR) is 57.2 cm³/mol. The topological polar surface area (TPSA) is 29.5 Å². The van der Waals surface area contributed by atoms with Gasteiger partial charge in [0.25, 0.3) is 1.43 Å². The van der Waals surface area contributed by atoms with Crippen molar-refractivity contribution in [2.75, 3.05) is 0 Å². The lowest BCUT2D eigenvalue weighted by atomic mass is 9.92. The van der Waals surface area contributed by atoms with Crippen LogP contribution < -0.4 is 0 Å². The second kappa shape index (κ2) is 4.94. The van der Waals surface area contributed by atoms with E-state index < -0.39 is 6.10 Å². The summed E-state index contributed by atoms with van der Waals surface area (Å²) in [5.74, 6) is -0.0905. The fourth-order valence-corrected chi connectivity index (χ4v) is 1.46. The van der Waals surface area contributed by atoms with Crippen molar-refractivity contribution >= 4 is 0 Å². The van der Waals surface area contributed by atoms with Crippen molar-refractivity contribution < 1.29 is 12.9 Å². The SMILES string of the molecule is [2H]OO[C@@H](C(C)=C([2H])[2H])[C@H](C)c1ccccc1. The van der Waals surface area contributed by atoms with Crippen LogP contribution in [0.15, 0.2) is 42.4 Å². The van der Waals surface area contributed by atoms with E-state index >= 15 is 0 Å². The Balaban J connectivity index is 2.96. The van der Waals surface area contributed by atoms with Crippen LogP contribution in [0.5, 0.6) is 0 Å². The van der Waals surface area contributed by atoms with Crippen molar-refractivity contribution in [3.63, 3.8) is 0 Å². The lowest BCUT2D eigenvalue weighted by Crippen LogP contribution is -2.19. The highest BCUT2D eigenvalue weighted by Gasteiger charge is 2.20. The van der Waals surface area contributed by atoms with Gasteiger partial charge < -0.3 is 0 Å². The average molecular weight is 195 g/mol. The summed E-state index contributed by atoms with van der Waals surface area (Å²) in [5, 5.41) is 3.97. The van der Waals surface area contributed by atoms with E-state index in [4.69, 9.17) is 9.06 Å². The van der Waals surface area contributed by atoms with Crippen molar-refractivity contribution in [2.45, 2.75) is 25.9 Å². The van der Waals surface area contributed by atoms with Crippen LogP contribution in [0, 0.1) is 0 Å². The van der Waals surface area contributed by atoms with E-state index in [1.165, 1.54) is 0 Å². The minimum Gasteiger partial charge on any atom is -0.251 e. The Morgan fingerprint density at radius 2 is 2.29 bits per heavy atom. The minimum atomic E-state index is -0.597. The molecule has 0 aliphatic rings. The molecule has 0 saturated carbocycles. The molecule has 1 N–H and O–H groups in total. The minimum absolute atomic E-state index is 0.0905. The zero-order chi connectivity index (χ0) is 12.8. The highest BCUT2D eigenvalue weighted by molar-refractivity contribution is 5.23. The summed E-state index contributed by atoms with van der Waals surface area (Å²) >= 11 is 0. The molecule has 0 saturated heterocycles. The third-order valence-electron chi connectivity index (χ3n) is 2.31. The number of rotatable bonds is 5. The molecule has 0 aliphatic heterocycles. The van der Waals surface area contributed by atoms with E-state index in [0.717, 1.165) is 5.56 Å². The summed E-state index contributed by atoms with van der Waals surface area (Å²) in [6.07, 6.45) is -0.597. The van der Waals surface area contributed by atoms with Crippen LogP contribution in [0.2, 0.25) is 0 Å². The fraction of sp³-hybridized carbons (Fsp3) is 0.333. The number of benzene rings is 1. The molecule has 1 aromatic carbocycles. The molecule has 0 unspecified atom stereocenters. The zero-order valence-electron chi connectivity index (χ0n) is 11.4. The monoisotopic (exact) mass is 195 g/mol. The third-order valence-corrected chi connectivity index (χ3v) is 2.31. The number of hydrogen-bond donors (Lipinski definition) is 1. The molecule has 2 nitrogen and oxygen atoms in total. The highest BCUT2D eigenvalue weighted by atomic mass is 17.1. The number of hydrogen-bond acceptors (Lipinski definition) is 2. The first-order chi connectivity index (χ1) is 8.07. The average Bonchev–Trinajstić information content (AvgIpc) is 2.35. The normalized spacial score (nSPS) is 17.4. The summed E-state index contributed by atoms with van der Waals surface area (Å²) in [6.45, 7) is 3.24. The smallest absolute Gasteiger partial charge is 0.251 e. The maximum atomic E-state index is 7.30. The molecule has 76 valence electrons. The van der Waals surface area contributed by atoms with Gasteiger partial charge >= 0.3 is 0 Å². The molecular weight excluding hydrogens is 176 g/mol. The Kier molecular flexibility index (Phi) is 2.54. The fourth-order valence-electron chi connectivity index (χ4n) is 1.46. The van der Waals surface area contributed by atoms with Crippen LogP contribution >= 0.6 is 0 Å². The van der Waals surface area contributed by atoms with Crippen molar-refractivity contribution in [1.82, 2.24) is 0 Å². The first-order valence-electron chi connectivity index (χ1n) is 5.96. The van der Waals surface area contributed by atoms with Gasteiger partial charge in [-0.2, -0.15) is 0 Å². The molecule has 0 bridgehead atoms. The first-order valence-corrected chi connectivity index (χ1v) is 4.55. The maximum Gasteiger partial charge on any atom is 0.255 e. The maximum absolute atomic E-state index is 7.30. The van der Waals surface area contributed by atoms with Crippen LogP contribution in [0.4, 0.5) is 0 Å². The molecule has 0 aliphatic carbocycles. The summed E-state index contributed by atoms with van der Waals surface area (Å²) in [4.78, 5) is 4.85. The Morgan fingerprint density at radius 3 is 2.86 bits per heavy atom. The third kappa shape index (κ3) is 2.44. The van der Waals surface area contributed by atoms with Crippen LogP contribution in [-0.4, -0.2) is 11.4 Å². The Hall–Kier alpha value is -1.12. The van der Waals surface area contributed by atoms with Gasteiger partial charge in [-0.25, -0.2) is 4.89 Å². The molecule has 14 heavy (non-hydrogen) atoms. The van der Waals surface area contributed by atoms with Gasteiger partial charge in [0.15, 0.2) is 0 Å². The molecule has 0 radical (unpaired) electrons. The van der Waals surface area contributed by atoms with Gasteiger partial charge in [0.1, 0.15) is 6.10 Å². The first kappa shape index (κ1) is 7.21. The molecule has 0 amide bonds. The highest BCUT2D eigenvalue weighted by Crippen LogP contribution is 2.24. The Labute approximate surface area is 89.1 Å². The van der Waals surface area contributed by atoms with Gasteiger partial charge in [0, 0.05) is 5.92 Å². The largest absolute Gasteiger partial charge is 0.255 e. The molecule has 0 aromatic heterocycles. The predicted octanol–water partition coefficient (Wildman–Crippen LogP) is 3.22. The van der Waals surface area contributed by atoms with E-state index in [1.807, 2.05) is 37.3 Å². The van der Waals surface area contributed by atoms with Crippen molar-refractivity contribution in [3.8, 4) is 0 Å².